The molecule has 1 saturated heterocycles. The van der Waals surface area contributed by atoms with Crippen LogP contribution in [-0.4, -0.2) is 34.9 Å². The van der Waals surface area contributed by atoms with E-state index in [1.165, 1.54) is 0 Å². The monoisotopic (exact) mass is 262 g/mol. The fourth-order valence-corrected chi connectivity index (χ4v) is 3.01. The Morgan fingerprint density at radius 1 is 1.47 bits per heavy atom. The molecule has 1 heterocycles. The number of rotatable bonds is 3. The van der Waals surface area contributed by atoms with Gasteiger partial charge in [0.15, 0.2) is 5.72 Å². The molecule has 5 heteroatoms. The summed E-state index contributed by atoms with van der Waals surface area (Å²) in [6, 6.07) is 7.25. The predicted molar refractivity (Wildman–Crippen MR) is 69.7 cm³/mol. The van der Waals surface area contributed by atoms with Gasteiger partial charge in [-0.1, -0.05) is 12.1 Å². The fourth-order valence-electron chi connectivity index (χ4n) is 3.01. The fraction of sp³-hybridized carbons (Fsp3) is 0.500. The van der Waals surface area contributed by atoms with Crippen LogP contribution in [0.15, 0.2) is 24.3 Å². The highest BCUT2D eigenvalue weighted by molar-refractivity contribution is 5.78. The van der Waals surface area contributed by atoms with Crippen LogP contribution >= 0.6 is 0 Å². The molecule has 3 rings (SSSR count). The largest absolute Gasteiger partial charge is 0.497 e. The summed E-state index contributed by atoms with van der Waals surface area (Å²) >= 11 is 0. The summed E-state index contributed by atoms with van der Waals surface area (Å²) < 4.78 is 5.11. The maximum Gasteiger partial charge on any atom is 0.320 e. The van der Waals surface area contributed by atoms with Gasteiger partial charge in [0.1, 0.15) is 5.75 Å². The van der Waals surface area contributed by atoms with Crippen molar-refractivity contribution in [2.75, 3.05) is 7.11 Å². The molecule has 2 atom stereocenters. The van der Waals surface area contributed by atoms with Gasteiger partial charge in [0.25, 0.3) is 0 Å². The molecule has 0 aromatic heterocycles. The van der Waals surface area contributed by atoms with Crippen LogP contribution in [0.1, 0.15) is 24.8 Å². The zero-order valence-electron chi connectivity index (χ0n) is 10.9. The normalized spacial score (nSPS) is 29.3. The number of fused-ring (bicyclic) bond motifs is 1. The molecule has 19 heavy (non-hydrogen) atoms. The van der Waals surface area contributed by atoms with E-state index in [1.54, 1.807) is 12.0 Å². The molecule has 0 unspecified atom stereocenters. The predicted octanol–water partition coefficient (Wildman–Crippen LogP) is 1.46. The van der Waals surface area contributed by atoms with Crippen molar-refractivity contribution in [3.63, 3.8) is 0 Å². The number of hydrogen-bond donors (Lipinski definition) is 2. The lowest BCUT2D eigenvalue weighted by Crippen LogP contribution is -2.47. The average molecular weight is 262 g/mol. The quantitative estimate of drug-likeness (QED) is 0.867. The number of nitrogens with zero attached hydrogens (tertiary/aromatic N) is 1. The van der Waals surface area contributed by atoms with Gasteiger partial charge in [-0.3, -0.25) is 4.90 Å². The van der Waals surface area contributed by atoms with Gasteiger partial charge in [0.2, 0.25) is 0 Å². The van der Waals surface area contributed by atoms with E-state index in [4.69, 9.17) is 4.74 Å². The van der Waals surface area contributed by atoms with Crippen molar-refractivity contribution in [3.05, 3.63) is 29.8 Å². The highest BCUT2D eigenvalue weighted by Gasteiger charge is 2.54. The minimum Gasteiger partial charge on any atom is -0.497 e. The van der Waals surface area contributed by atoms with Crippen LogP contribution in [0, 0.1) is 0 Å². The van der Waals surface area contributed by atoms with Gasteiger partial charge in [0.05, 0.1) is 19.7 Å². The number of nitrogens with one attached hydrogen (secondary N) is 1. The lowest BCUT2D eigenvalue weighted by molar-refractivity contribution is -0.0683. The number of carbonyl (C=O) groups is 1. The van der Waals surface area contributed by atoms with Gasteiger partial charge in [-0.25, -0.2) is 4.79 Å². The van der Waals surface area contributed by atoms with E-state index in [9.17, 15) is 9.90 Å². The van der Waals surface area contributed by atoms with Crippen molar-refractivity contribution in [2.24, 2.45) is 0 Å². The van der Waals surface area contributed by atoms with Crippen LogP contribution in [-0.2, 0) is 6.54 Å². The number of aliphatic hydroxyl groups is 1. The molecule has 2 amide bonds. The van der Waals surface area contributed by atoms with Gasteiger partial charge in [-0.15, -0.1) is 0 Å². The number of ether oxygens (including phenoxy) is 1. The Labute approximate surface area is 112 Å². The van der Waals surface area contributed by atoms with E-state index >= 15 is 0 Å². The Morgan fingerprint density at radius 3 is 2.89 bits per heavy atom. The van der Waals surface area contributed by atoms with Crippen LogP contribution < -0.4 is 10.1 Å². The Kier molecular flexibility index (Phi) is 2.86. The minimum absolute atomic E-state index is 0.127. The number of benzene rings is 1. The van der Waals surface area contributed by atoms with E-state index < -0.39 is 5.72 Å². The minimum atomic E-state index is -1.02. The van der Waals surface area contributed by atoms with Crippen molar-refractivity contribution in [1.29, 1.82) is 0 Å². The van der Waals surface area contributed by atoms with Crippen LogP contribution in [0.5, 0.6) is 5.75 Å². The number of hydrogen-bond acceptors (Lipinski definition) is 3. The third-order valence-electron chi connectivity index (χ3n) is 4.11. The van der Waals surface area contributed by atoms with E-state index in [0.29, 0.717) is 13.0 Å². The molecule has 0 spiro atoms. The first-order valence-corrected chi connectivity index (χ1v) is 6.57. The lowest BCUT2D eigenvalue weighted by Gasteiger charge is -2.31. The van der Waals surface area contributed by atoms with Gasteiger partial charge in [0, 0.05) is 0 Å². The molecular formula is C14H18N2O3. The van der Waals surface area contributed by atoms with E-state index in [1.807, 2.05) is 24.3 Å². The summed E-state index contributed by atoms with van der Waals surface area (Å²) in [4.78, 5) is 13.5. The zero-order valence-corrected chi connectivity index (χ0v) is 10.9. The van der Waals surface area contributed by atoms with Crippen LogP contribution in [0.3, 0.4) is 0 Å². The van der Waals surface area contributed by atoms with Crippen molar-refractivity contribution < 1.29 is 14.6 Å². The van der Waals surface area contributed by atoms with E-state index in [2.05, 4.69) is 5.32 Å². The van der Waals surface area contributed by atoms with Crippen molar-refractivity contribution in [2.45, 2.75) is 37.6 Å². The molecule has 102 valence electrons. The molecule has 2 fully saturated rings. The maximum atomic E-state index is 12.0. The molecule has 1 saturated carbocycles. The third kappa shape index (κ3) is 1.94. The van der Waals surface area contributed by atoms with Crippen LogP contribution in [0.25, 0.3) is 0 Å². The second-order valence-electron chi connectivity index (χ2n) is 5.21. The first kappa shape index (κ1) is 12.3. The first-order chi connectivity index (χ1) is 9.13. The molecule has 2 N–H and O–H groups in total. The molecule has 0 radical (unpaired) electrons. The van der Waals surface area contributed by atoms with E-state index in [0.717, 1.165) is 24.2 Å². The molecular weight excluding hydrogens is 244 g/mol. The second kappa shape index (κ2) is 4.42. The van der Waals surface area contributed by atoms with Gasteiger partial charge in [-0.05, 0) is 37.0 Å². The average Bonchev–Trinajstić information content (AvgIpc) is 2.88. The number of carbonyl (C=O) groups excluding carboxylic acids is 1. The molecule has 1 aromatic carbocycles. The van der Waals surface area contributed by atoms with Crippen molar-refractivity contribution in [1.82, 2.24) is 10.2 Å². The highest BCUT2D eigenvalue weighted by atomic mass is 16.5. The summed E-state index contributed by atoms with van der Waals surface area (Å²) in [5.74, 6) is 0.784. The SMILES string of the molecule is COc1ccc(CN2C(=O)N[C@H]3CCC[C@]32O)cc1. The van der Waals surface area contributed by atoms with Crippen molar-refractivity contribution in [3.8, 4) is 5.75 Å². The van der Waals surface area contributed by atoms with Crippen LogP contribution in [0.4, 0.5) is 4.79 Å². The van der Waals surface area contributed by atoms with Gasteiger partial charge >= 0.3 is 6.03 Å². The molecule has 2 aliphatic rings. The summed E-state index contributed by atoms with van der Waals surface area (Å²) in [5, 5.41) is 13.5. The Bertz CT molecular complexity index is 488. The van der Waals surface area contributed by atoms with Gasteiger partial charge in [-0.2, -0.15) is 0 Å². The molecule has 5 nitrogen and oxygen atoms in total. The number of methoxy groups -OCH3 is 1. The number of urea groups is 1. The highest BCUT2D eigenvalue weighted by Crippen LogP contribution is 2.38. The Balaban J connectivity index is 1.79. The Morgan fingerprint density at radius 2 is 2.21 bits per heavy atom. The van der Waals surface area contributed by atoms with Crippen molar-refractivity contribution >= 4 is 6.03 Å². The number of amides is 2. The smallest absolute Gasteiger partial charge is 0.320 e. The molecule has 1 aromatic rings. The maximum absolute atomic E-state index is 12.0. The second-order valence-corrected chi connectivity index (χ2v) is 5.21. The molecule has 1 aliphatic carbocycles. The lowest BCUT2D eigenvalue weighted by atomic mass is 10.1. The summed E-state index contributed by atoms with van der Waals surface area (Å²) in [5.41, 5.74) is -0.0336. The summed E-state index contributed by atoms with van der Waals surface area (Å²) in [6.07, 6.45) is 2.44. The van der Waals surface area contributed by atoms with E-state index in [-0.39, 0.29) is 12.1 Å². The summed E-state index contributed by atoms with van der Waals surface area (Å²) in [6.45, 7) is 0.419. The van der Waals surface area contributed by atoms with Gasteiger partial charge < -0.3 is 15.2 Å². The topological polar surface area (TPSA) is 61.8 Å². The molecule has 0 bridgehead atoms. The summed E-state index contributed by atoms with van der Waals surface area (Å²) in [7, 11) is 1.62. The standard InChI is InChI=1S/C14H18N2O3/c1-19-11-6-4-10(5-7-11)9-16-13(17)15-12-3-2-8-14(12,16)18/h4-7,12,18H,2-3,8-9H2,1H3,(H,15,17)/t12-,14-/m0/s1. The first-order valence-electron chi connectivity index (χ1n) is 6.57. The molecule has 1 aliphatic heterocycles. The van der Waals surface area contributed by atoms with Crippen LogP contribution in [0.2, 0.25) is 0 Å². The third-order valence-corrected chi connectivity index (χ3v) is 4.11. The zero-order chi connectivity index (χ0) is 13.5. The Hall–Kier alpha value is -1.75.